The van der Waals surface area contributed by atoms with Gasteiger partial charge in [0.1, 0.15) is 0 Å². The maximum atomic E-state index is 12.0. The Kier molecular flexibility index (Phi) is 6.40. The van der Waals surface area contributed by atoms with E-state index in [0.717, 1.165) is 0 Å². The van der Waals surface area contributed by atoms with Crippen LogP contribution < -0.4 is 5.32 Å². The van der Waals surface area contributed by atoms with Crippen LogP contribution in [-0.2, 0) is 0 Å². The molecule has 1 unspecified atom stereocenters. The fourth-order valence-electron chi connectivity index (χ4n) is 2.08. The summed E-state index contributed by atoms with van der Waals surface area (Å²) in [6.45, 7) is 0.834. The van der Waals surface area contributed by atoms with Crippen molar-refractivity contribution in [2.45, 2.75) is 12.5 Å². The normalized spacial score (nSPS) is 12.1. The number of rotatable bonds is 7. The molecule has 0 fully saturated rings. The maximum absolute atomic E-state index is 12.0. The molecule has 2 N–H and O–H groups in total. The molecule has 0 aliphatic heterocycles. The van der Waals surface area contributed by atoms with Crippen LogP contribution >= 0.6 is 23.2 Å². The molecule has 2 aromatic rings. The molecule has 3 nitrogen and oxygen atoms in total. The molecule has 0 saturated carbocycles. The number of benzene rings is 2. The van der Waals surface area contributed by atoms with Gasteiger partial charge in [-0.15, -0.1) is 0 Å². The Balaban J connectivity index is 1.76. The van der Waals surface area contributed by atoms with Gasteiger partial charge in [0.2, 0.25) is 0 Å². The minimum atomic E-state index is -0.695. The highest BCUT2D eigenvalue weighted by molar-refractivity contribution is 6.31. The number of Topliss-reactive ketones (excluding diaryl/α,β-unsaturated/α-hetero) is 1. The molecule has 0 radical (unpaired) electrons. The lowest BCUT2D eigenvalue weighted by molar-refractivity contribution is 0.0979. The molecule has 0 amide bonds. The van der Waals surface area contributed by atoms with E-state index in [1.165, 1.54) is 0 Å². The third-order valence-electron chi connectivity index (χ3n) is 3.30. The molecule has 0 heterocycles. The second-order valence-corrected chi connectivity index (χ2v) is 5.77. The maximum Gasteiger partial charge on any atom is 0.164 e. The summed E-state index contributed by atoms with van der Waals surface area (Å²) in [5.41, 5.74) is 1.32. The van der Waals surface area contributed by atoms with E-state index in [9.17, 15) is 9.90 Å². The molecule has 116 valence electrons. The molecule has 0 aromatic heterocycles. The van der Waals surface area contributed by atoms with E-state index in [1.54, 1.807) is 36.4 Å². The van der Waals surface area contributed by atoms with Crippen LogP contribution in [0.4, 0.5) is 0 Å². The van der Waals surface area contributed by atoms with Gasteiger partial charge < -0.3 is 10.4 Å². The van der Waals surface area contributed by atoms with Gasteiger partial charge in [-0.3, -0.25) is 4.79 Å². The van der Waals surface area contributed by atoms with Crippen molar-refractivity contribution >= 4 is 29.0 Å². The number of hydrogen-bond acceptors (Lipinski definition) is 3. The van der Waals surface area contributed by atoms with Crippen LogP contribution in [0.5, 0.6) is 0 Å². The number of aliphatic hydroxyl groups is 1. The molecular weight excluding hydrogens is 321 g/mol. The SMILES string of the molecule is O=C(CCNCC(O)c1ccccc1Cl)c1ccc(Cl)cc1. The van der Waals surface area contributed by atoms with E-state index in [0.29, 0.717) is 40.7 Å². The number of carbonyl (C=O) groups excluding carboxylic acids is 1. The Morgan fingerprint density at radius 3 is 2.45 bits per heavy atom. The van der Waals surface area contributed by atoms with Gasteiger partial charge in [-0.05, 0) is 30.3 Å². The summed E-state index contributed by atoms with van der Waals surface area (Å²) in [6.07, 6.45) is -0.337. The van der Waals surface area contributed by atoms with Crippen molar-refractivity contribution in [2.75, 3.05) is 13.1 Å². The molecule has 1 atom stereocenters. The van der Waals surface area contributed by atoms with Gasteiger partial charge in [-0.1, -0.05) is 41.4 Å². The van der Waals surface area contributed by atoms with Crippen molar-refractivity contribution in [1.82, 2.24) is 5.32 Å². The van der Waals surface area contributed by atoms with Crippen molar-refractivity contribution in [1.29, 1.82) is 0 Å². The Morgan fingerprint density at radius 1 is 1.09 bits per heavy atom. The first-order valence-corrected chi connectivity index (χ1v) is 7.75. The fourth-order valence-corrected chi connectivity index (χ4v) is 2.46. The predicted octanol–water partition coefficient (Wildman–Crippen LogP) is 3.89. The molecule has 22 heavy (non-hydrogen) atoms. The first kappa shape index (κ1) is 17.0. The number of carbonyl (C=O) groups is 1. The summed E-state index contributed by atoms with van der Waals surface area (Å²) < 4.78 is 0. The molecule has 2 rings (SSSR count). The topological polar surface area (TPSA) is 49.3 Å². The number of aliphatic hydroxyl groups excluding tert-OH is 1. The highest BCUT2D eigenvalue weighted by atomic mass is 35.5. The minimum Gasteiger partial charge on any atom is -0.387 e. The Hall–Kier alpha value is -1.39. The van der Waals surface area contributed by atoms with E-state index in [2.05, 4.69) is 5.32 Å². The summed E-state index contributed by atoms with van der Waals surface area (Å²) in [7, 11) is 0. The average molecular weight is 338 g/mol. The summed E-state index contributed by atoms with van der Waals surface area (Å²) in [6, 6.07) is 14.0. The van der Waals surface area contributed by atoms with E-state index in [1.807, 2.05) is 12.1 Å². The van der Waals surface area contributed by atoms with Gasteiger partial charge in [-0.25, -0.2) is 0 Å². The summed E-state index contributed by atoms with van der Waals surface area (Å²) in [5, 5.41) is 14.3. The van der Waals surface area contributed by atoms with Gasteiger partial charge in [0.15, 0.2) is 5.78 Å². The molecule has 0 aliphatic rings. The minimum absolute atomic E-state index is 0.0383. The first-order valence-electron chi connectivity index (χ1n) is 7.00. The van der Waals surface area contributed by atoms with E-state index in [4.69, 9.17) is 23.2 Å². The standard InChI is InChI=1S/C17H17Cl2NO2/c18-13-7-5-12(6-8-13)16(21)9-10-20-11-17(22)14-3-1-2-4-15(14)19/h1-8,17,20,22H,9-11H2. The van der Waals surface area contributed by atoms with Gasteiger partial charge in [0, 0.05) is 40.7 Å². The van der Waals surface area contributed by atoms with Gasteiger partial charge in [0.05, 0.1) is 6.10 Å². The number of hydrogen-bond donors (Lipinski definition) is 2. The summed E-state index contributed by atoms with van der Waals surface area (Å²) >= 11 is 11.8. The zero-order valence-corrected chi connectivity index (χ0v) is 13.4. The fraction of sp³-hybridized carbons (Fsp3) is 0.235. The lowest BCUT2D eigenvalue weighted by Crippen LogP contribution is -2.24. The number of ketones is 1. The van der Waals surface area contributed by atoms with Crippen molar-refractivity contribution in [3.05, 3.63) is 69.7 Å². The zero-order valence-electron chi connectivity index (χ0n) is 11.9. The van der Waals surface area contributed by atoms with Crippen LogP contribution in [-0.4, -0.2) is 24.0 Å². The van der Waals surface area contributed by atoms with E-state index < -0.39 is 6.10 Å². The molecule has 5 heteroatoms. The number of nitrogens with one attached hydrogen (secondary N) is 1. The predicted molar refractivity (Wildman–Crippen MR) is 89.7 cm³/mol. The third kappa shape index (κ3) is 4.82. The Bertz CT molecular complexity index is 629. The largest absolute Gasteiger partial charge is 0.387 e. The number of halogens is 2. The van der Waals surface area contributed by atoms with Gasteiger partial charge in [0.25, 0.3) is 0 Å². The summed E-state index contributed by atoms with van der Waals surface area (Å²) in [4.78, 5) is 12.0. The van der Waals surface area contributed by atoms with Crippen molar-refractivity contribution in [2.24, 2.45) is 0 Å². The van der Waals surface area contributed by atoms with Crippen LogP contribution in [0.25, 0.3) is 0 Å². The average Bonchev–Trinajstić information content (AvgIpc) is 2.52. The molecule has 0 saturated heterocycles. The second kappa shape index (κ2) is 8.30. The van der Waals surface area contributed by atoms with E-state index >= 15 is 0 Å². The van der Waals surface area contributed by atoms with Crippen molar-refractivity contribution in [3.8, 4) is 0 Å². The monoisotopic (exact) mass is 337 g/mol. The smallest absolute Gasteiger partial charge is 0.164 e. The van der Waals surface area contributed by atoms with Crippen LogP contribution in [0.1, 0.15) is 28.4 Å². The lowest BCUT2D eigenvalue weighted by Gasteiger charge is -2.13. The first-order chi connectivity index (χ1) is 10.6. The van der Waals surface area contributed by atoms with Crippen molar-refractivity contribution < 1.29 is 9.90 Å². The Morgan fingerprint density at radius 2 is 1.77 bits per heavy atom. The molecular formula is C17H17Cl2NO2. The van der Waals surface area contributed by atoms with Crippen LogP contribution in [0.15, 0.2) is 48.5 Å². The highest BCUT2D eigenvalue weighted by Gasteiger charge is 2.11. The quantitative estimate of drug-likeness (QED) is 0.595. The lowest BCUT2D eigenvalue weighted by atomic mass is 10.1. The van der Waals surface area contributed by atoms with Crippen LogP contribution in [0.2, 0.25) is 10.0 Å². The van der Waals surface area contributed by atoms with Crippen molar-refractivity contribution in [3.63, 3.8) is 0 Å². The molecule has 2 aromatic carbocycles. The van der Waals surface area contributed by atoms with Crippen LogP contribution in [0, 0.1) is 0 Å². The molecule has 0 bridgehead atoms. The van der Waals surface area contributed by atoms with E-state index in [-0.39, 0.29) is 5.78 Å². The van der Waals surface area contributed by atoms with Gasteiger partial charge >= 0.3 is 0 Å². The summed E-state index contributed by atoms with van der Waals surface area (Å²) in [5.74, 6) is 0.0383. The van der Waals surface area contributed by atoms with Crippen LogP contribution in [0.3, 0.4) is 0 Å². The third-order valence-corrected chi connectivity index (χ3v) is 3.89. The molecule has 0 spiro atoms. The zero-order chi connectivity index (χ0) is 15.9. The highest BCUT2D eigenvalue weighted by Crippen LogP contribution is 2.21. The Labute approximate surface area is 139 Å². The molecule has 0 aliphatic carbocycles. The van der Waals surface area contributed by atoms with Gasteiger partial charge in [-0.2, -0.15) is 0 Å². The second-order valence-electron chi connectivity index (χ2n) is 4.92.